The van der Waals surface area contributed by atoms with Crippen LogP contribution in [0.2, 0.25) is 0 Å². The molecular formula is C15H19N3O2S. The second-order valence-corrected chi connectivity index (χ2v) is 6.64. The minimum absolute atomic E-state index is 0.141. The van der Waals surface area contributed by atoms with E-state index >= 15 is 0 Å². The summed E-state index contributed by atoms with van der Waals surface area (Å²) in [7, 11) is 0. The number of hydrogen-bond acceptors (Lipinski definition) is 6. The van der Waals surface area contributed by atoms with Gasteiger partial charge in [-0.1, -0.05) is 23.4 Å². The molecule has 0 amide bonds. The predicted molar refractivity (Wildman–Crippen MR) is 81.1 cm³/mol. The topological polar surface area (TPSA) is 74.2 Å². The first-order chi connectivity index (χ1) is 10.1. The number of aromatic nitrogens is 2. The zero-order valence-corrected chi connectivity index (χ0v) is 13.0. The average molecular weight is 305 g/mol. The lowest BCUT2D eigenvalue weighted by Gasteiger charge is -2.10. The molecule has 1 aromatic carbocycles. The summed E-state index contributed by atoms with van der Waals surface area (Å²) in [6.45, 7) is 4.34. The first kappa shape index (κ1) is 14.6. The van der Waals surface area contributed by atoms with Crippen LogP contribution in [-0.4, -0.2) is 22.9 Å². The summed E-state index contributed by atoms with van der Waals surface area (Å²) in [5, 5.41) is 4.18. The van der Waals surface area contributed by atoms with Gasteiger partial charge in [0.2, 0.25) is 5.89 Å². The number of thioether (sulfide) groups is 1. The van der Waals surface area contributed by atoms with E-state index in [0.717, 1.165) is 6.42 Å². The normalized spacial score (nSPS) is 19.0. The molecule has 1 aromatic heterocycles. The van der Waals surface area contributed by atoms with Crippen LogP contribution in [0.4, 0.5) is 0 Å². The molecule has 0 saturated heterocycles. The van der Waals surface area contributed by atoms with Gasteiger partial charge in [0.1, 0.15) is 0 Å². The maximum absolute atomic E-state index is 6.02. The first-order valence-corrected chi connectivity index (χ1v) is 7.96. The van der Waals surface area contributed by atoms with Crippen molar-refractivity contribution in [3.8, 4) is 0 Å². The van der Waals surface area contributed by atoms with Gasteiger partial charge in [-0.25, -0.2) is 0 Å². The van der Waals surface area contributed by atoms with Gasteiger partial charge >= 0.3 is 0 Å². The Balaban J connectivity index is 1.66. The molecule has 2 atom stereocenters. The quantitative estimate of drug-likeness (QED) is 0.915. The van der Waals surface area contributed by atoms with Gasteiger partial charge in [-0.2, -0.15) is 4.98 Å². The summed E-state index contributed by atoms with van der Waals surface area (Å²) in [6, 6.07) is 8.02. The Bertz CT molecular complexity index is 589. The lowest BCUT2D eigenvalue weighted by molar-refractivity contribution is 0.0665. The number of fused-ring (bicyclic) bond motifs is 1. The fourth-order valence-corrected chi connectivity index (χ4v) is 3.44. The molecule has 0 bridgehead atoms. The highest BCUT2D eigenvalue weighted by Gasteiger charge is 2.28. The van der Waals surface area contributed by atoms with Crippen LogP contribution in [0.15, 0.2) is 33.7 Å². The number of rotatable bonds is 5. The fourth-order valence-electron chi connectivity index (χ4n) is 2.22. The molecule has 1 aliphatic rings. The van der Waals surface area contributed by atoms with Crippen LogP contribution in [-0.2, 0) is 11.2 Å². The van der Waals surface area contributed by atoms with E-state index in [2.05, 4.69) is 28.3 Å². The van der Waals surface area contributed by atoms with Crippen molar-refractivity contribution in [3.63, 3.8) is 0 Å². The van der Waals surface area contributed by atoms with E-state index in [-0.39, 0.29) is 17.4 Å². The Labute approximate surface area is 128 Å². The van der Waals surface area contributed by atoms with Gasteiger partial charge in [0, 0.05) is 4.90 Å². The number of hydrogen-bond donors (Lipinski definition) is 1. The Morgan fingerprint density at radius 2 is 2.24 bits per heavy atom. The molecule has 0 radical (unpaired) electrons. The molecular weight excluding hydrogens is 286 g/mol. The first-order valence-electron chi connectivity index (χ1n) is 7.08. The Morgan fingerprint density at radius 1 is 1.43 bits per heavy atom. The molecule has 0 aliphatic carbocycles. The zero-order chi connectivity index (χ0) is 14.8. The standard InChI is InChI=1S/C15H19N3O2S/c1-9(2)19-8-11(16)14-17-15(20-18-14)13-7-10-5-3-4-6-12(10)21-13/h3-6,9,11,13H,7-8,16H2,1-2H3. The molecule has 1 aliphatic heterocycles. The van der Waals surface area contributed by atoms with Crippen molar-refractivity contribution in [1.29, 1.82) is 0 Å². The lowest BCUT2D eigenvalue weighted by Crippen LogP contribution is -2.20. The molecule has 2 heterocycles. The van der Waals surface area contributed by atoms with Gasteiger partial charge in [-0.3, -0.25) is 0 Å². The van der Waals surface area contributed by atoms with Crippen molar-refractivity contribution >= 4 is 11.8 Å². The molecule has 3 rings (SSSR count). The van der Waals surface area contributed by atoms with E-state index in [1.54, 1.807) is 11.8 Å². The molecule has 6 heteroatoms. The molecule has 21 heavy (non-hydrogen) atoms. The molecule has 0 saturated carbocycles. The lowest BCUT2D eigenvalue weighted by atomic mass is 10.1. The number of nitrogens with two attached hydrogens (primary N) is 1. The summed E-state index contributed by atoms with van der Waals surface area (Å²) < 4.78 is 10.9. The fraction of sp³-hybridized carbons (Fsp3) is 0.467. The van der Waals surface area contributed by atoms with Crippen LogP contribution >= 0.6 is 11.8 Å². The number of benzene rings is 1. The Kier molecular flexibility index (Phi) is 4.28. The summed E-state index contributed by atoms with van der Waals surface area (Å²) in [6.07, 6.45) is 1.06. The molecule has 2 aromatic rings. The van der Waals surface area contributed by atoms with Gasteiger partial charge in [-0.15, -0.1) is 11.8 Å². The summed E-state index contributed by atoms with van der Waals surface area (Å²) >= 11 is 1.76. The highest BCUT2D eigenvalue weighted by atomic mass is 32.2. The van der Waals surface area contributed by atoms with Crippen molar-refractivity contribution in [2.24, 2.45) is 5.73 Å². The van der Waals surface area contributed by atoms with E-state index in [1.165, 1.54) is 10.5 Å². The average Bonchev–Trinajstić information content (AvgIpc) is 3.10. The van der Waals surface area contributed by atoms with Crippen LogP contribution in [0, 0.1) is 0 Å². The monoisotopic (exact) mass is 305 g/mol. The van der Waals surface area contributed by atoms with Gasteiger partial charge in [0.25, 0.3) is 0 Å². The van der Waals surface area contributed by atoms with E-state index in [4.69, 9.17) is 15.0 Å². The van der Waals surface area contributed by atoms with Crippen molar-refractivity contribution in [3.05, 3.63) is 41.5 Å². The smallest absolute Gasteiger partial charge is 0.240 e. The van der Waals surface area contributed by atoms with Crippen molar-refractivity contribution in [1.82, 2.24) is 10.1 Å². The third-order valence-electron chi connectivity index (χ3n) is 3.32. The number of ether oxygens (including phenoxy) is 1. The molecule has 2 unspecified atom stereocenters. The van der Waals surface area contributed by atoms with Gasteiger partial charge in [0.15, 0.2) is 5.82 Å². The van der Waals surface area contributed by atoms with Crippen LogP contribution < -0.4 is 5.73 Å². The van der Waals surface area contributed by atoms with E-state index in [0.29, 0.717) is 18.3 Å². The highest BCUT2D eigenvalue weighted by Crippen LogP contribution is 2.45. The Hall–Kier alpha value is -1.37. The van der Waals surface area contributed by atoms with Crippen LogP contribution in [0.5, 0.6) is 0 Å². The van der Waals surface area contributed by atoms with E-state index in [9.17, 15) is 0 Å². The molecule has 0 spiro atoms. The molecule has 5 nitrogen and oxygen atoms in total. The van der Waals surface area contributed by atoms with Gasteiger partial charge in [0.05, 0.1) is 24.0 Å². The summed E-state index contributed by atoms with van der Waals surface area (Å²) in [4.78, 5) is 5.74. The van der Waals surface area contributed by atoms with Crippen LogP contribution in [0.3, 0.4) is 0 Å². The van der Waals surface area contributed by atoms with E-state index < -0.39 is 0 Å². The highest BCUT2D eigenvalue weighted by molar-refractivity contribution is 7.99. The second kappa shape index (κ2) is 6.17. The summed E-state index contributed by atoms with van der Waals surface area (Å²) in [5.41, 5.74) is 7.36. The zero-order valence-electron chi connectivity index (χ0n) is 12.2. The van der Waals surface area contributed by atoms with Gasteiger partial charge < -0.3 is 15.0 Å². The molecule has 0 fully saturated rings. The maximum atomic E-state index is 6.02. The second-order valence-electron chi connectivity index (χ2n) is 5.40. The van der Waals surface area contributed by atoms with Crippen molar-refractivity contribution < 1.29 is 9.26 Å². The minimum Gasteiger partial charge on any atom is -0.377 e. The third kappa shape index (κ3) is 3.28. The molecule has 2 N–H and O–H groups in total. The largest absolute Gasteiger partial charge is 0.377 e. The van der Waals surface area contributed by atoms with Crippen LogP contribution in [0.25, 0.3) is 0 Å². The predicted octanol–water partition coefficient (Wildman–Crippen LogP) is 2.88. The van der Waals surface area contributed by atoms with Crippen LogP contribution in [0.1, 0.15) is 42.4 Å². The minimum atomic E-state index is -0.348. The van der Waals surface area contributed by atoms with E-state index in [1.807, 2.05) is 19.9 Å². The van der Waals surface area contributed by atoms with Crippen molar-refractivity contribution in [2.45, 2.75) is 42.6 Å². The number of nitrogens with zero attached hydrogens (tertiary/aromatic N) is 2. The molecule has 112 valence electrons. The van der Waals surface area contributed by atoms with Crippen molar-refractivity contribution in [2.75, 3.05) is 6.61 Å². The Morgan fingerprint density at radius 3 is 3.00 bits per heavy atom. The third-order valence-corrected chi connectivity index (χ3v) is 4.63. The van der Waals surface area contributed by atoms with Gasteiger partial charge in [-0.05, 0) is 31.9 Å². The summed E-state index contributed by atoms with van der Waals surface area (Å²) in [5.74, 6) is 1.16. The SMILES string of the molecule is CC(C)OCC(N)c1noc(C2Cc3ccccc3S2)n1. The maximum Gasteiger partial charge on any atom is 0.240 e.